The Labute approximate surface area is 193 Å². The second-order valence-corrected chi connectivity index (χ2v) is 11.4. The first-order chi connectivity index (χ1) is 15.6. The zero-order valence-corrected chi connectivity index (χ0v) is 19.5. The molecule has 1 aromatic rings. The summed E-state index contributed by atoms with van der Waals surface area (Å²) in [5.74, 6) is 2.76. The molecule has 32 heavy (non-hydrogen) atoms. The molecule has 174 valence electrons. The van der Waals surface area contributed by atoms with Gasteiger partial charge in [0.2, 0.25) is 11.8 Å². The lowest BCUT2D eigenvalue weighted by Gasteiger charge is -2.56. The first kappa shape index (κ1) is 22.0. The monoisotopic (exact) mass is 436 g/mol. The summed E-state index contributed by atoms with van der Waals surface area (Å²) in [7, 11) is 0. The van der Waals surface area contributed by atoms with E-state index in [-0.39, 0.29) is 29.2 Å². The van der Waals surface area contributed by atoms with Crippen molar-refractivity contribution >= 4 is 11.8 Å². The molecule has 4 bridgehead atoms. The molecule has 2 N–H and O–H groups in total. The van der Waals surface area contributed by atoms with Gasteiger partial charge in [-0.3, -0.25) is 9.59 Å². The highest BCUT2D eigenvalue weighted by Crippen LogP contribution is 2.60. The maximum absolute atomic E-state index is 13.7. The molecule has 4 heteroatoms. The molecule has 5 fully saturated rings. The van der Waals surface area contributed by atoms with Gasteiger partial charge in [0.15, 0.2) is 0 Å². The van der Waals surface area contributed by atoms with Crippen molar-refractivity contribution in [3.63, 3.8) is 0 Å². The molecule has 4 nitrogen and oxygen atoms in total. The molecule has 5 saturated carbocycles. The van der Waals surface area contributed by atoms with Gasteiger partial charge in [-0.2, -0.15) is 0 Å². The smallest absolute Gasteiger partial charge is 0.242 e. The van der Waals surface area contributed by atoms with Crippen molar-refractivity contribution < 1.29 is 9.59 Å². The Bertz CT molecular complexity index is 764. The molecule has 0 saturated heterocycles. The molecule has 0 radical (unpaired) electrons. The quantitative estimate of drug-likeness (QED) is 0.562. The number of hydrogen-bond acceptors (Lipinski definition) is 2. The fourth-order valence-electron chi connectivity index (χ4n) is 7.81. The van der Waals surface area contributed by atoms with E-state index in [1.54, 1.807) is 0 Å². The van der Waals surface area contributed by atoms with Gasteiger partial charge in [0.25, 0.3) is 0 Å². The average molecular weight is 437 g/mol. The van der Waals surface area contributed by atoms with Crippen LogP contribution in [0.2, 0.25) is 0 Å². The third-order valence-electron chi connectivity index (χ3n) is 8.99. The minimum atomic E-state index is -0.354. The van der Waals surface area contributed by atoms with Crippen LogP contribution in [0.4, 0.5) is 0 Å². The second-order valence-electron chi connectivity index (χ2n) is 11.4. The van der Waals surface area contributed by atoms with E-state index in [0.717, 1.165) is 62.7 Å². The summed E-state index contributed by atoms with van der Waals surface area (Å²) in [4.78, 5) is 27.0. The fraction of sp³-hybridized carbons (Fsp3) is 0.714. The highest BCUT2D eigenvalue weighted by Gasteiger charge is 2.55. The molecule has 0 unspecified atom stereocenters. The van der Waals surface area contributed by atoms with Crippen molar-refractivity contribution in [1.29, 1.82) is 0 Å². The number of nitrogens with one attached hydrogen (secondary N) is 2. The van der Waals surface area contributed by atoms with Crippen molar-refractivity contribution in [2.24, 2.45) is 29.1 Å². The van der Waals surface area contributed by atoms with E-state index >= 15 is 0 Å². The topological polar surface area (TPSA) is 58.2 Å². The van der Waals surface area contributed by atoms with Crippen LogP contribution in [0, 0.1) is 29.1 Å². The highest BCUT2D eigenvalue weighted by atomic mass is 16.2. The van der Waals surface area contributed by atoms with Gasteiger partial charge in [0.05, 0.1) is 0 Å². The number of aryl methyl sites for hydroxylation is 1. The van der Waals surface area contributed by atoms with Gasteiger partial charge in [-0.15, -0.1) is 0 Å². The van der Waals surface area contributed by atoms with Crippen LogP contribution in [0.25, 0.3) is 0 Å². The van der Waals surface area contributed by atoms with Crippen LogP contribution in [-0.2, 0) is 16.0 Å². The van der Waals surface area contributed by atoms with Gasteiger partial charge in [-0.05, 0) is 93.4 Å². The number of carbonyl (C=O) groups is 2. The van der Waals surface area contributed by atoms with E-state index in [2.05, 4.69) is 34.9 Å². The predicted molar refractivity (Wildman–Crippen MR) is 127 cm³/mol. The Kier molecular flexibility index (Phi) is 6.57. The van der Waals surface area contributed by atoms with Crippen molar-refractivity contribution in [2.75, 3.05) is 6.54 Å². The summed E-state index contributed by atoms with van der Waals surface area (Å²) in [6.45, 7) is 0.671. The standard InChI is InChI=1S/C28H40N2O2/c31-26(29-13-7-10-20-8-3-1-4-9-20)25(24-11-5-2-6-12-24)30-27(32)28-17-21-14-22(18-28)16-23(15-21)19-28/h1,3-4,8-9,21-25H,2,5-7,10-19H2,(H,29,31)(H,30,32)/t21?,22?,23?,25-,28?/m0/s1. The van der Waals surface area contributed by atoms with Gasteiger partial charge in [0.1, 0.15) is 6.04 Å². The van der Waals surface area contributed by atoms with Crippen LogP contribution in [-0.4, -0.2) is 24.4 Å². The van der Waals surface area contributed by atoms with Crippen LogP contribution in [0.15, 0.2) is 30.3 Å². The molecule has 5 aliphatic carbocycles. The molecule has 1 aromatic carbocycles. The molecule has 1 atom stereocenters. The third-order valence-corrected chi connectivity index (χ3v) is 8.99. The van der Waals surface area contributed by atoms with Crippen LogP contribution in [0.5, 0.6) is 0 Å². The first-order valence-corrected chi connectivity index (χ1v) is 13.2. The van der Waals surface area contributed by atoms with E-state index in [0.29, 0.717) is 6.54 Å². The maximum atomic E-state index is 13.7. The normalized spacial score (nSPS) is 32.4. The van der Waals surface area contributed by atoms with Crippen molar-refractivity contribution in [1.82, 2.24) is 10.6 Å². The van der Waals surface area contributed by atoms with Crippen molar-refractivity contribution in [3.8, 4) is 0 Å². The lowest BCUT2D eigenvalue weighted by molar-refractivity contribution is -0.149. The summed E-state index contributed by atoms with van der Waals surface area (Å²) in [6.07, 6.45) is 14.8. The summed E-state index contributed by atoms with van der Waals surface area (Å²) in [5.41, 5.74) is 1.12. The Morgan fingerprint density at radius 1 is 0.906 bits per heavy atom. The van der Waals surface area contributed by atoms with Crippen LogP contribution in [0.3, 0.4) is 0 Å². The minimum absolute atomic E-state index is 0.0445. The lowest BCUT2D eigenvalue weighted by Crippen LogP contribution is -2.59. The zero-order valence-electron chi connectivity index (χ0n) is 19.5. The molecule has 0 spiro atoms. The Morgan fingerprint density at radius 3 is 2.16 bits per heavy atom. The van der Waals surface area contributed by atoms with E-state index < -0.39 is 0 Å². The number of benzene rings is 1. The maximum Gasteiger partial charge on any atom is 0.242 e. The van der Waals surface area contributed by atoms with Crippen LogP contribution in [0.1, 0.15) is 82.6 Å². The largest absolute Gasteiger partial charge is 0.354 e. The van der Waals surface area contributed by atoms with E-state index in [4.69, 9.17) is 0 Å². The molecular weight excluding hydrogens is 396 g/mol. The second kappa shape index (κ2) is 9.57. The number of amides is 2. The molecule has 0 aromatic heterocycles. The summed E-state index contributed by atoms with van der Waals surface area (Å²) in [6, 6.07) is 10.1. The molecule has 0 aliphatic heterocycles. The molecule has 6 rings (SSSR count). The van der Waals surface area contributed by atoms with E-state index in [1.165, 1.54) is 44.1 Å². The summed E-state index contributed by atoms with van der Waals surface area (Å²) < 4.78 is 0. The minimum Gasteiger partial charge on any atom is -0.354 e. The van der Waals surface area contributed by atoms with Crippen LogP contribution < -0.4 is 10.6 Å². The van der Waals surface area contributed by atoms with Gasteiger partial charge in [-0.1, -0.05) is 49.6 Å². The number of rotatable bonds is 8. The van der Waals surface area contributed by atoms with Crippen molar-refractivity contribution in [3.05, 3.63) is 35.9 Å². The lowest BCUT2D eigenvalue weighted by atomic mass is 9.49. The van der Waals surface area contributed by atoms with Gasteiger partial charge >= 0.3 is 0 Å². The van der Waals surface area contributed by atoms with Gasteiger partial charge in [-0.25, -0.2) is 0 Å². The van der Waals surface area contributed by atoms with Gasteiger partial charge < -0.3 is 10.6 Å². The highest BCUT2D eigenvalue weighted by molar-refractivity contribution is 5.90. The Morgan fingerprint density at radius 2 is 1.53 bits per heavy atom. The fourth-order valence-corrected chi connectivity index (χ4v) is 7.81. The third kappa shape index (κ3) is 4.75. The Balaban J connectivity index is 1.21. The van der Waals surface area contributed by atoms with E-state index in [1.807, 2.05) is 6.07 Å². The molecular formula is C28H40N2O2. The number of carbonyl (C=O) groups excluding carboxylic acids is 2. The number of hydrogen-bond donors (Lipinski definition) is 2. The molecule has 2 amide bonds. The first-order valence-electron chi connectivity index (χ1n) is 13.2. The zero-order chi connectivity index (χ0) is 22.0. The average Bonchev–Trinajstić information content (AvgIpc) is 2.80. The SMILES string of the molecule is O=C(NCCCc1ccccc1)[C@@H](NC(=O)C12CC3CC(CC(C3)C1)C2)C1CCCCC1. The van der Waals surface area contributed by atoms with Crippen LogP contribution >= 0.6 is 0 Å². The van der Waals surface area contributed by atoms with E-state index in [9.17, 15) is 9.59 Å². The van der Waals surface area contributed by atoms with Gasteiger partial charge in [0, 0.05) is 12.0 Å². The Hall–Kier alpha value is -1.84. The molecule has 0 heterocycles. The molecule has 5 aliphatic rings. The predicted octanol–water partition coefficient (Wildman–Crippen LogP) is 5.02. The summed E-state index contributed by atoms with van der Waals surface area (Å²) >= 11 is 0. The van der Waals surface area contributed by atoms with Crippen molar-refractivity contribution in [2.45, 2.75) is 89.5 Å². The summed E-state index contributed by atoms with van der Waals surface area (Å²) in [5, 5.41) is 6.53.